The Morgan fingerprint density at radius 3 is 2.36 bits per heavy atom. The van der Waals surface area contributed by atoms with Gasteiger partial charge in [0.2, 0.25) is 0 Å². The van der Waals surface area contributed by atoms with Crippen molar-refractivity contribution in [3.05, 3.63) is 58.7 Å². The molecule has 5 atom stereocenters. The number of hydrogen-bond acceptors (Lipinski definition) is 9. The molecule has 10 nitrogen and oxygen atoms in total. The molecule has 232 valence electrons. The first kappa shape index (κ1) is 29.0. The van der Waals surface area contributed by atoms with E-state index in [0.717, 1.165) is 12.8 Å². The number of ether oxygens (including phenoxy) is 3. The summed E-state index contributed by atoms with van der Waals surface area (Å²) in [4.78, 5) is 56.5. The molecule has 44 heavy (non-hydrogen) atoms. The van der Waals surface area contributed by atoms with Crippen molar-refractivity contribution < 1.29 is 38.5 Å². The third-order valence-electron chi connectivity index (χ3n) is 10.4. The number of carbonyl (C=O) groups is 4. The summed E-state index contributed by atoms with van der Waals surface area (Å²) in [5, 5.41) is 12.9. The molecule has 1 N–H and O–H groups in total. The summed E-state index contributed by atoms with van der Waals surface area (Å²) in [6, 6.07) is 8.77. The van der Waals surface area contributed by atoms with Crippen LogP contribution in [0.25, 0.3) is 0 Å². The Hall–Kier alpha value is -3.76. The highest BCUT2D eigenvalue weighted by Crippen LogP contribution is 2.63. The van der Waals surface area contributed by atoms with Crippen LogP contribution in [-0.4, -0.2) is 81.6 Å². The Bertz CT molecular complexity index is 1540. The van der Waals surface area contributed by atoms with Crippen LogP contribution in [0, 0.1) is 5.92 Å². The van der Waals surface area contributed by atoms with Gasteiger partial charge in [0.25, 0.3) is 11.8 Å². The summed E-state index contributed by atoms with van der Waals surface area (Å²) in [6.07, 6.45) is 2.26. The normalized spacial score (nSPS) is 31.0. The molecule has 0 unspecified atom stereocenters. The summed E-state index contributed by atoms with van der Waals surface area (Å²) in [6.45, 7) is 8.69. The fourth-order valence-corrected chi connectivity index (χ4v) is 8.21. The highest BCUT2D eigenvalue weighted by atomic mass is 16.7. The Morgan fingerprint density at radius 2 is 1.75 bits per heavy atom. The average molecular weight is 603 g/mol. The second kappa shape index (κ2) is 9.87. The number of likely N-dealkylation sites (tertiary alicyclic amines) is 1. The second-order valence-electron chi connectivity index (χ2n) is 14.0. The summed E-state index contributed by atoms with van der Waals surface area (Å²) in [5.41, 5.74) is -1.91. The molecule has 2 aromatic rings. The molecular weight excluding hydrogens is 564 g/mol. The molecule has 0 bridgehead atoms. The smallest absolute Gasteiger partial charge is 0.483 e. The molecule has 1 spiro atoms. The molecule has 3 aliphatic heterocycles. The molecule has 1 saturated heterocycles. The fourth-order valence-electron chi connectivity index (χ4n) is 8.21. The maximum Gasteiger partial charge on any atom is 0.514 e. The van der Waals surface area contributed by atoms with Gasteiger partial charge in [-0.3, -0.25) is 24.2 Å². The summed E-state index contributed by atoms with van der Waals surface area (Å²) >= 11 is 0. The van der Waals surface area contributed by atoms with E-state index in [1.54, 1.807) is 51.1 Å². The van der Waals surface area contributed by atoms with Gasteiger partial charge < -0.3 is 19.3 Å². The molecule has 7 rings (SSSR count). The van der Waals surface area contributed by atoms with Crippen LogP contribution in [-0.2, 0) is 10.2 Å². The van der Waals surface area contributed by atoms with Crippen molar-refractivity contribution in [2.45, 2.75) is 94.6 Å². The number of amides is 2. The van der Waals surface area contributed by atoms with E-state index in [-0.39, 0.29) is 24.0 Å². The Labute approximate surface area is 256 Å². The number of piperidine rings is 1. The molecule has 0 aromatic heterocycles. The van der Waals surface area contributed by atoms with Crippen molar-refractivity contribution in [2.24, 2.45) is 5.92 Å². The third kappa shape index (κ3) is 4.14. The molecule has 2 aromatic carbocycles. The number of aliphatic hydroxyl groups is 1. The van der Waals surface area contributed by atoms with Gasteiger partial charge in [0, 0.05) is 23.7 Å². The SMILES string of the molecule is C[C@H]1N(CC2CC2)CC[C@]23c4c(C=O)ccc(OC(=O)OC(C)(C)C)c4O[C@H]2[C@H](N2C(=O)c4ccccc4C2=O)CC[C@@]13O. The largest absolute Gasteiger partial charge is 0.514 e. The van der Waals surface area contributed by atoms with Crippen LogP contribution in [0.2, 0.25) is 0 Å². The van der Waals surface area contributed by atoms with Gasteiger partial charge in [-0.2, -0.15) is 0 Å². The van der Waals surface area contributed by atoms with E-state index in [2.05, 4.69) is 4.90 Å². The van der Waals surface area contributed by atoms with Crippen molar-refractivity contribution >= 4 is 24.3 Å². The first-order valence-corrected chi connectivity index (χ1v) is 15.5. The van der Waals surface area contributed by atoms with Gasteiger partial charge in [0.05, 0.1) is 28.2 Å². The lowest BCUT2D eigenvalue weighted by Crippen LogP contribution is -2.76. The highest BCUT2D eigenvalue weighted by molar-refractivity contribution is 6.21. The van der Waals surface area contributed by atoms with Gasteiger partial charge in [0.1, 0.15) is 18.0 Å². The van der Waals surface area contributed by atoms with E-state index in [1.165, 1.54) is 23.8 Å². The van der Waals surface area contributed by atoms with Crippen LogP contribution in [0.1, 0.15) is 96.4 Å². The van der Waals surface area contributed by atoms with Crippen LogP contribution < -0.4 is 9.47 Å². The van der Waals surface area contributed by atoms with E-state index in [1.807, 2.05) is 6.92 Å². The zero-order valence-corrected chi connectivity index (χ0v) is 25.5. The summed E-state index contributed by atoms with van der Waals surface area (Å²) < 4.78 is 17.8. The molecular formula is C34H38N2O8. The number of benzene rings is 2. The lowest BCUT2D eigenvalue weighted by atomic mass is 9.51. The van der Waals surface area contributed by atoms with Gasteiger partial charge in [0.15, 0.2) is 11.5 Å². The van der Waals surface area contributed by atoms with E-state index in [9.17, 15) is 24.3 Å². The van der Waals surface area contributed by atoms with Crippen LogP contribution in [0.3, 0.4) is 0 Å². The number of imide groups is 1. The predicted octanol–water partition coefficient (Wildman–Crippen LogP) is 4.51. The van der Waals surface area contributed by atoms with E-state index in [0.29, 0.717) is 47.6 Å². The Balaban J connectivity index is 1.36. The van der Waals surface area contributed by atoms with E-state index >= 15 is 0 Å². The van der Waals surface area contributed by atoms with Crippen LogP contribution in [0.15, 0.2) is 36.4 Å². The highest BCUT2D eigenvalue weighted by Gasteiger charge is 2.72. The molecule has 10 heteroatoms. The van der Waals surface area contributed by atoms with Gasteiger partial charge in [-0.15, -0.1) is 0 Å². The fraction of sp³-hybridized carbons (Fsp3) is 0.529. The topological polar surface area (TPSA) is 123 Å². The number of hydrogen-bond donors (Lipinski definition) is 1. The zero-order chi connectivity index (χ0) is 31.2. The van der Waals surface area contributed by atoms with Gasteiger partial charge in [-0.25, -0.2) is 4.79 Å². The van der Waals surface area contributed by atoms with Crippen molar-refractivity contribution in [1.82, 2.24) is 9.80 Å². The van der Waals surface area contributed by atoms with Gasteiger partial charge in [-0.05, 0) is 96.5 Å². The average Bonchev–Trinajstić information content (AvgIpc) is 3.67. The van der Waals surface area contributed by atoms with Crippen molar-refractivity contribution in [1.29, 1.82) is 0 Å². The van der Waals surface area contributed by atoms with Crippen LogP contribution >= 0.6 is 0 Å². The van der Waals surface area contributed by atoms with Crippen molar-refractivity contribution in [2.75, 3.05) is 13.1 Å². The third-order valence-corrected chi connectivity index (χ3v) is 10.4. The van der Waals surface area contributed by atoms with E-state index in [4.69, 9.17) is 14.2 Å². The molecule has 2 aliphatic carbocycles. The maximum absolute atomic E-state index is 13.8. The molecule has 0 radical (unpaired) electrons. The maximum atomic E-state index is 13.8. The van der Waals surface area contributed by atoms with Crippen molar-refractivity contribution in [3.8, 4) is 11.5 Å². The van der Waals surface area contributed by atoms with Gasteiger partial charge in [-0.1, -0.05) is 12.1 Å². The summed E-state index contributed by atoms with van der Waals surface area (Å²) in [5.74, 6) is 0.00839. The quantitative estimate of drug-likeness (QED) is 0.228. The van der Waals surface area contributed by atoms with E-state index < -0.39 is 46.7 Å². The lowest BCUT2D eigenvalue weighted by Gasteiger charge is -2.61. The Kier molecular flexibility index (Phi) is 6.50. The number of rotatable bonds is 5. The molecule has 5 aliphatic rings. The van der Waals surface area contributed by atoms with Crippen LogP contribution in [0.5, 0.6) is 11.5 Å². The lowest BCUT2D eigenvalue weighted by molar-refractivity contribution is -0.187. The number of nitrogens with zero attached hydrogens (tertiary/aromatic N) is 2. The zero-order valence-electron chi connectivity index (χ0n) is 25.5. The minimum atomic E-state index is -1.37. The monoisotopic (exact) mass is 602 g/mol. The minimum Gasteiger partial charge on any atom is -0.483 e. The number of aldehydes is 1. The first-order chi connectivity index (χ1) is 20.9. The molecule has 3 heterocycles. The van der Waals surface area contributed by atoms with Crippen LogP contribution in [0.4, 0.5) is 4.79 Å². The minimum absolute atomic E-state index is 0.0557. The predicted molar refractivity (Wildman–Crippen MR) is 158 cm³/mol. The number of carbonyl (C=O) groups excluding carboxylic acids is 4. The second-order valence-corrected chi connectivity index (χ2v) is 14.0. The standard InChI is InChI=1S/C34H38N2O8/c1-19-34(41)14-13-24(36-29(38)22-7-5-6-8-23(22)30(36)39)28-33(34,15-16-35(19)17-20-9-10-20)26-21(18-37)11-12-25(27(26)43-28)42-31(40)44-32(2,3)4/h5-8,11-12,18-20,24,28,41H,9-10,13-17H2,1-4H3/t19-,24-,28+,33+,34-/m1/s1. The molecule has 3 fully saturated rings. The van der Waals surface area contributed by atoms with Gasteiger partial charge >= 0.3 is 6.16 Å². The Morgan fingerprint density at radius 1 is 1.07 bits per heavy atom. The molecule has 2 amide bonds. The number of fused-ring (bicyclic) bond motifs is 2. The molecule has 2 saturated carbocycles. The van der Waals surface area contributed by atoms with Crippen molar-refractivity contribution in [3.63, 3.8) is 0 Å². The first-order valence-electron chi connectivity index (χ1n) is 15.5. The summed E-state index contributed by atoms with van der Waals surface area (Å²) in [7, 11) is 0.